The highest BCUT2D eigenvalue weighted by atomic mass is 79.9. The first kappa shape index (κ1) is 16.3. The molecule has 1 rings (SSSR count). The monoisotopic (exact) mass is 409 g/mol. The van der Waals surface area contributed by atoms with Gasteiger partial charge in [0.1, 0.15) is 11.8 Å². The average molecular weight is 411 g/mol. The number of rotatable bonds is 5. The van der Waals surface area contributed by atoms with Gasteiger partial charge in [-0.3, -0.25) is 10.8 Å². The van der Waals surface area contributed by atoms with Crippen molar-refractivity contribution in [1.82, 2.24) is 0 Å². The Morgan fingerprint density at radius 1 is 1.45 bits per heavy atom. The highest BCUT2D eigenvalue weighted by molar-refractivity contribution is 9.11. The minimum absolute atomic E-state index is 0.0552. The molecule has 6 nitrogen and oxygen atoms in total. The largest absolute Gasteiger partial charge is 0.435 e. The topological polar surface area (TPSA) is 107 Å². The van der Waals surface area contributed by atoms with Gasteiger partial charge in [0.15, 0.2) is 5.84 Å². The molecule has 0 spiro atoms. The molecule has 0 aliphatic rings. The van der Waals surface area contributed by atoms with Crippen LogP contribution in [0.4, 0.5) is 14.5 Å². The van der Waals surface area contributed by atoms with Crippen LogP contribution < -0.4 is 15.9 Å². The molecule has 0 heterocycles. The molecular weight excluding hydrogens is 404 g/mol. The van der Waals surface area contributed by atoms with Gasteiger partial charge < -0.3 is 10.5 Å². The third kappa shape index (κ3) is 4.43. The second-order valence-electron chi connectivity index (χ2n) is 3.24. The Hall–Kier alpha value is -1.73. The molecule has 1 aromatic carbocycles. The van der Waals surface area contributed by atoms with Crippen LogP contribution in [0.25, 0.3) is 0 Å². The smallest absolute Gasteiger partial charge is 0.387 e. The summed E-state index contributed by atoms with van der Waals surface area (Å²) in [6.07, 6.45) is 0. The van der Waals surface area contributed by atoms with Crippen molar-refractivity contribution in [3.05, 3.63) is 21.1 Å². The van der Waals surface area contributed by atoms with E-state index in [4.69, 9.17) is 16.4 Å². The summed E-state index contributed by atoms with van der Waals surface area (Å²) in [5, 5.41) is 19.4. The number of alkyl halides is 2. The molecule has 10 heteroatoms. The molecule has 0 fully saturated rings. The molecular formula is C10H7Br2F2N5O. The fourth-order valence-electron chi connectivity index (χ4n) is 1.08. The molecule has 0 atom stereocenters. The summed E-state index contributed by atoms with van der Waals surface area (Å²) in [7, 11) is 0. The van der Waals surface area contributed by atoms with E-state index in [-0.39, 0.29) is 11.5 Å². The van der Waals surface area contributed by atoms with Crippen LogP contribution >= 0.6 is 31.9 Å². The van der Waals surface area contributed by atoms with Gasteiger partial charge in [-0.05, 0) is 44.0 Å². The summed E-state index contributed by atoms with van der Waals surface area (Å²) in [5.41, 5.74) is 7.68. The maximum absolute atomic E-state index is 12.1. The molecule has 0 amide bonds. The normalized spacial score (nSPS) is 11.1. The molecule has 0 bridgehead atoms. The number of halogens is 4. The SMILES string of the molecule is N#C/C(=N\Nc1c(Br)cc(OC(F)F)cc1Br)C(=N)N. The lowest BCUT2D eigenvalue weighted by Gasteiger charge is -2.10. The predicted octanol–water partition coefficient (Wildman–Crippen LogP) is 3.04. The maximum atomic E-state index is 12.1. The number of anilines is 1. The molecule has 0 saturated heterocycles. The van der Waals surface area contributed by atoms with Crippen LogP contribution in [0.1, 0.15) is 0 Å². The maximum Gasteiger partial charge on any atom is 0.387 e. The number of hydrazone groups is 1. The van der Waals surface area contributed by atoms with E-state index >= 15 is 0 Å². The molecule has 0 aliphatic carbocycles. The number of ether oxygens (including phenoxy) is 1. The van der Waals surface area contributed by atoms with E-state index in [9.17, 15) is 8.78 Å². The van der Waals surface area contributed by atoms with Crippen LogP contribution in [0.2, 0.25) is 0 Å². The average Bonchev–Trinajstić information content (AvgIpc) is 2.31. The van der Waals surface area contributed by atoms with E-state index in [1.54, 1.807) is 6.07 Å². The van der Waals surface area contributed by atoms with Crippen LogP contribution in [0.15, 0.2) is 26.2 Å². The summed E-state index contributed by atoms with van der Waals surface area (Å²) in [5.74, 6) is -0.551. The van der Waals surface area contributed by atoms with Crippen LogP contribution in [-0.4, -0.2) is 18.2 Å². The van der Waals surface area contributed by atoms with E-state index in [1.165, 1.54) is 12.1 Å². The van der Waals surface area contributed by atoms with Crippen molar-refractivity contribution in [3.63, 3.8) is 0 Å². The second-order valence-corrected chi connectivity index (χ2v) is 4.95. The minimum atomic E-state index is -2.94. The Kier molecular flexibility index (Phi) is 5.84. The van der Waals surface area contributed by atoms with Crippen molar-refractivity contribution in [2.45, 2.75) is 6.61 Å². The van der Waals surface area contributed by atoms with E-state index < -0.39 is 12.4 Å². The highest BCUT2D eigenvalue weighted by Gasteiger charge is 2.12. The van der Waals surface area contributed by atoms with Crippen LogP contribution in [0.5, 0.6) is 5.75 Å². The Balaban J connectivity index is 3.03. The molecule has 20 heavy (non-hydrogen) atoms. The van der Waals surface area contributed by atoms with Gasteiger partial charge in [0.05, 0.1) is 5.69 Å². The van der Waals surface area contributed by atoms with Gasteiger partial charge in [0, 0.05) is 8.95 Å². The first-order valence-electron chi connectivity index (χ1n) is 4.87. The van der Waals surface area contributed by atoms with Crippen LogP contribution in [0.3, 0.4) is 0 Å². The summed E-state index contributed by atoms with van der Waals surface area (Å²) in [6.45, 7) is -2.94. The molecule has 1 aromatic rings. The van der Waals surface area contributed by atoms with Gasteiger partial charge in [-0.2, -0.15) is 19.1 Å². The number of hydrogen-bond donors (Lipinski definition) is 3. The van der Waals surface area contributed by atoms with Gasteiger partial charge in [-0.15, -0.1) is 0 Å². The number of nitrogens with zero attached hydrogens (tertiary/aromatic N) is 2. The number of nitriles is 1. The second kappa shape index (κ2) is 7.16. The quantitative estimate of drug-likeness (QED) is 0.394. The predicted molar refractivity (Wildman–Crippen MR) is 77.1 cm³/mol. The third-order valence-corrected chi connectivity index (χ3v) is 3.13. The zero-order valence-electron chi connectivity index (χ0n) is 9.62. The van der Waals surface area contributed by atoms with E-state index in [0.29, 0.717) is 14.6 Å². The zero-order chi connectivity index (χ0) is 15.3. The zero-order valence-corrected chi connectivity index (χ0v) is 12.8. The Morgan fingerprint density at radius 2 is 2.00 bits per heavy atom. The molecule has 0 saturated carbocycles. The lowest BCUT2D eigenvalue weighted by atomic mass is 10.3. The number of amidine groups is 1. The summed E-state index contributed by atoms with van der Waals surface area (Å²) >= 11 is 6.28. The van der Waals surface area contributed by atoms with Gasteiger partial charge in [-0.25, -0.2) is 0 Å². The summed E-state index contributed by atoms with van der Waals surface area (Å²) in [6, 6.07) is 4.23. The number of hydrogen-bond acceptors (Lipinski definition) is 5. The van der Waals surface area contributed by atoms with Crippen LogP contribution in [0, 0.1) is 16.7 Å². The number of nitrogens with one attached hydrogen (secondary N) is 2. The Morgan fingerprint density at radius 3 is 2.40 bits per heavy atom. The molecule has 0 radical (unpaired) electrons. The lowest BCUT2D eigenvalue weighted by molar-refractivity contribution is -0.0499. The van der Waals surface area contributed by atoms with Crippen molar-refractivity contribution in [1.29, 1.82) is 10.7 Å². The first-order chi connectivity index (χ1) is 9.35. The molecule has 106 valence electrons. The van der Waals surface area contributed by atoms with Crippen LogP contribution in [-0.2, 0) is 0 Å². The van der Waals surface area contributed by atoms with Crippen molar-refractivity contribution in [2.75, 3.05) is 5.43 Å². The molecule has 0 aliphatic heterocycles. The summed E-state index contributed by atoms with van der Waals surface area (Å²) in [4.78, 5) is 0. The lowest BCUT2D eigenvalue weighted by Crippen LogP contribution is -2.21. The van der Waals surface area contributed by atoms with Gasteiger partial charge in [0.2, 0.25) is 5.71 Å². The fraction of sp³-hybridized carbons (Fsp3) is 0.100. The Bertz CT molecular complexity index is 577. The standard InChI is InChI=1S/C10H7Br2F2N5O/c11-5-1-4(20-10(13)14)2-6(12)8(5)19-18-7(3-15)9(16)17/h1-2,10,19H,(H3,16,17)/b18-7+. The Labute approximate surface area is 129 Å². The van der Waals surface area contributed by atoms with E-state index in [1.807, 2.05) is 0 Å². The van der Waals surface area contributed by atoms with E-state index in [0.717, 1.165) is 0 Å². The number of nitrogens with two attached hydrogens (primary N) is 1. The van der Waals surface area contributed by atoms with Gasteiger partial charge >= 0.3 is 6.61 Å². The highest BCUT2D eigenvalue weighted by Crippen LogP contribution is 2.35. The fourth-order valence-corrected chi connectivity index (χ4v) is 2.41. The van der Waals surface area contributed by atoms with Crippen molar-refractivity contribution in [2.24, 2.45) is 10.8 Å². The first-order valence-corrected chi connectivity index (χ1v) is 6.45. The minimum Gasteiger partial charge on any atom is -0.435 e. The van der Waals surface area contributed by atoms with Crippen molar-refractivity contribution < 1.29 is 13.5 Å². The van der Waals surface area contributed by atoms with E-state index in [2.05, 4.69) is 47.1 Å². The van der Waals surface area contributed by atoms with Gasteiger partial charge in [-0.1, -0.05) is 0 Å². The number of benzene rings is 1. The summed E-state index contributed by atoms with van der Waals surface area (Å²) < 4.78 is 29.2. The van der Waals surface area contributed by atoms with Gasteiger partial charge in [0.25, 0.3) is 0 Å². The molecule has 4 N–H and O–H groups in total. The molecule has 0 aromatic heterocycles. The molecule has 0 unspecified atom stereocenters. The van der Waals surface area contributed by atoms with Crippen molar-refractivity contribution in [3.8, 4) is 11.8 Å². The third-order valence-electron chi connectivity index (χ3n) is 1.88. The van der Waals surface area contributed by atoms with Crippen molar-refractivity contribution >= 4 is 49.1 Å².